The standard InChI is InChI=1S/C18H36O2.C4H4O4.2K/c1-2-3-4-5-6-7-8-9-10-11-12-13-14-15-16-17-18(19)20;5-3(6)1-2-4(7)8;;/h2-17H2,1H3,(H,19,20);1-2H,(H,5,6)(H,7,8);;/q;;2*+1/p-2/b;2-1+;;. The number of hydrogen-bond acceptors (Lipinski definition) is 5. The Labute approximate surface area is 267 Å². The van der Waals surface area contributed by atoms with Gasteiger partial charge in [0, 0.05) is 6.42 Å². The van der Waals surface area contributed by atoms with Crippen LogP contribution in [-0.4, -0.2) is 23.0 Å². The van der Waals surface area contributed by atoms with Crippen molar-refractivity contribution in [2.45, 2.75) is 110 Å². The van der Waals surface area contributed by atoms with Crippen LogP contribution in [0.15, 0.2) is 12.2 Å². The molecule has 6 nitrogen and oxygen atoms in total. The predicted molar refractivity (Wildman–Crippen MR) is 106 cm³/mol. The maximum absolute atomic E-state index is 10.3. The van der Waals surface area contributed by atoms with E-state index >= 15 is 0 Å². The molecule has 1 N–H and O–H groups in total. The third kappa shape index (κ3) is 43.3. The number of carbonyl (C=O) groups is 3. The van der Waals surface area contributed by atoms with E-state index in [1.54, 1.807) is 0 Å². The zero-order valence-electron chi connectivity index (χ0n) is 19.5. The monoisotopic (exact) mass is 476 g/mol. The first-order valence-corrected chi connectivity index (χ1v) is 10.7. The Morgan fingerprint density at radius 2 is 0.867 bits per heavy atom. The smallest absolute Gasteiger partial charge is 0.545 e. The van der Waals surface area contributed by atoms with Crippen molar-refractivity contribution >= 4 is 17.9 Å². The van der Waals surface area contributed by atoms with E-state index in [0.717, 1.165) is 12.8 Å². The third-order valence-corrected chi connectivity index (χ3v) is 4.35. The average molecular weight is 477 g/mol. The molecule has 164 valence electrons. The Kier molecular flexibility index (Phi) is 42.0. The molecule has 0 unspecified atom stereocenters. The van der Waals surface area contributed by atoms with E-state index in [9.17, 15) is 24.6 Å². The molecule has 0 bridgehead atoms. The van der Waals surface area contributed by atoms with Gasteiger partial charge in [-0.2, -0.15) is 0 Å². The van der Waals surface area contributed by atoms with Crippen molar-refractivity contribution in [3.05, 3.63) is 12.2 Å². The minimum atomic E-state index is -1.55. The molecule has 0 spiro atoms. The van der Waals surface area contributed by atoms with E-state index in [0.29, 0.717) is 18.6 Å². The molecule has 0 atom stereocenters. The summed E-state index contributed by atoms with van der Waals surface area (Å²) in [5.41, 5.74) is 0. The first-order chi connectivity index (χ1) is 13.4. The van der Waals surface area contributed by atoms with E-state index in [2.05, 4.69) is 6.92 Å². The predicted octanol–water partition coefficient (Wildman–Crippen LogP) is -2.62. The Balaban J connectivity index is -0.000000288. The second-order valence-corrected chi connectivity index (χ2v) is 7.06. The van der Waals surface area contributed by atoms with E-state index in [1.807, 2.05) is 0 Å². The Hall–Kier alpha value is 1.42. The molecule has 8 heteroatoms. The van der Waals surface area contributed by atoms with Gasteiger partial charge in [-0.3, -0.25) is 4.79 Å². The molecule has 0 amide bonds. The van der Waals surface area contributed by atoms with E-state index in [1.165, 1.54) is 83.5 Å². The molecule has 0 aliphatic heterocycles. The minimum absolute atomic E-state index is 0. The summed E-state index contributed by atoms with van der Waals surface area (Å²) in [6.45, 7) is 2.27. The van der Waals surface area contributed by atoms with Crippen LogP contribution in [0.1, 0.15) is 110 Å². The van der Waals surface area contributed by atoms with Crippen LogP contribution < -0.4 is 113 Å². The molecular formula is C22H38K2O6. The van der Waals surface area contributed by atoms with Crippen molar-refractivity contribution in [3.8, 4) is 0 Å². The number of carboxylic acid groups (broad SMARTS) is 3. The molecule has 0 aliphatic carbocycles. The summed E-state index contributed by atoms with van der Waals surface area (Å²) in [5, 5.41) is 27.3. The molecule has 0 saturated heterocycles. The Morgan fingerprint density at radius 3 is 1.10 bits per heavy atom. The topological polar surface area (TPSA) is 118 Å². The van der Waals surface area contributed by atoms with E-state index < -0.39 is 17.9 Å². The summed E-state index contributed by atoms with van der Waals surface area (Å²) in [6, 6.07) is 0. The largest absolute Gasteiger partial charge is 1.00 e. The zero-order chi connectivity index (χ0) is 21.5. The molecule has 0 heterocycles. The van der Waals surface area contributed by atoms with Crippen molar-refractivity contribution < 1.29 is 132 Å². The van der Waals surface area contributed by atoms with Gasteiger partial charge in [-0.05, 0) is 18.6 Å². The number of unbranched alkanes of at least 4 members (excludes halogenated alkanes) is 14. The van der Waals surface area contributed by atoms with Crippen LogP contribution in [0.2, 0.25) is 0 Å². The molecule has 0 aromatic carbocycles. The van der Waals surface area contributed by atoms with Crippen LogP contribution in [0.25, 0.3) is 0 Å². The maximum Gasteiger partial charge on any atom is 1.00 e. The van der Waals surface area contributed by atoms with Crippen LogP contribution in [0.4, 0.5) is 0 Å². The van der Waals surface area contributed by atoms with Crippen LogP contribution in [-0.2, 0) is 14.4 Å². The van der Waals surface area contributed by atoms with Crippen molar-refractivity contribution in [2.24, 2.45) is 0 Å². The maximum atomic E-state index is 10.3. The number of hydrogen-bond donors (Lipinski definition) is 1. The zero-order valence-corrected chi connectivity index (χ0v) is 25.7. The second kappa shape index (κ2) is 32.6. The molecule has 0 aromatic heterocycles. The average Bonchev–Trinajstić information content (AvgIpc) is 2.63. The van der Waals surface area contributed by atoms with Gasteiger partial charge in [-0.25, -0.2) is 0 Å². The summed E-state index contributed by atoms with van der Waals surface area (Å²) in [5.74, 6) is -3.75. The molecule has 0 saturated carbocycles. The summed E-state index contributed by atoms with van der Waals surface area (Å²) < 4.78 is 0. The number of carbonyl (C=O) groups excluding carboxylic acids is 2. The van der Waals surface area contributed by atoms with Gasteiger partial charge in [-0.15, -0.1) is 0 Å². The number of aliphatic carboxylic acids is 3. The number of carboxylic acids is 3. The van der Waals surface area contributed by atoms with Gasteiger partial charge in [0.05, 0.1) is 11.9 Å². The van der Waals surface area contributed by atoms with Gasteiger partial charge in [0.15, 0.2) is 0 Å². The Morgan fingerprint density at radius 1 is 0.600 bits per heavy atom. The van der Waals surface area contributed by atoms with E-state index in [-0.39, 0.29) is 103 Å². The SMILES string of the molecule is CCCCCCCCCCCCCCCCCC(=O)O.O=C([O-])/C=C/C(=O)[O-].[K+].[K+]. The molecule has 0 aliphatic rings. The molecule has 30 heavy (non-hydrogen) atoms. The van der Waals surface area contributed by atoms with E-state index in [4.69, 9.17) is 5.11 Å². The first-order valence-electron chi connectivity index (χ1n) is 10.7. The van der Waals surface area contributed by atoms with Crippen molar-refractivity contribution in [3.63, 3.8) is 0 Å². The van der Waals surface area contributed by atoms with Gasteiger partial charge in [-0.1, -0.05) is 96.8 Å². The third-order valence-electron chi connectivity index (χ3n) is 4.35. The van der Waals surface area contributed by atoms with Crippen LogP contribution in [0.3, 0.4) is 0 Å². The molecular weight excluding hydrogens is 438 g/mol. The number of rotatable bonds is 18. The van der Waals surface area contributed by atoms with Gasteiger partial charge in [0.1, 0.15) is 0 Å². The quantitative estimate of drug-likeness (QED) is 0.132. The van der Waals surface area contributed by atoms with Crippen LogP contribution in [0, 0.1) is 0 Å². The summed E-state index contributed by atoms with van der Waals surface area (Å²) in [4.78, 5) is 29.2. The fraction of sp³-hybridized carbons (Fsp3) is 0.773. The fourth-order valence-corrected chi connectivity index (χ4v) is 2.78. The van der Waals surface area contributed by atoms with Gasteiger partial charge < -0.3 is 24.9 Å². The normalized spacial score (nSPS) is 9.77. The summed E-state index contributed by atoms with van der Waals surface area (Å²) in [6.07, 6.45) is 21.0. The molecule has 0 radical (unpaired) electrons. The second-order valence-electron chi connectivity index (χ2n) is 7.06. The summed E-state index contributed by atoms with van der Waals surface area (Å²) in [7, 11) is 0. The molecule has 0 aromatic rings. The van der Waals surface area contributed by atoms with Crippen LogP contribution >= 0.6 is 0 Å². The Bertz CT molecular complexity index is 412. The fourth-order valence-electron chi connectivity index (χ4n) is 2.78. The van der Waals surface area contributed by atoms with Gasteiger partial charge >= 0.3 is 109 Å². The minimum Gasteiger partial charge on any atom is -0.545 e. The molecule has 0 rings (SSSR count). The summed E-state index contributed by atoms with van der Waals surface area (Å²) >= 11 is 0. The van der Waals surface area contributed by atoms with Crippen molar-refractivity contribution in [2.75, 3.05) is 0 Å². The van der Waals surface area contributed by atoms with Crippen molar-refractivity contribution in [1.82, 2.24) is 0 Å². The van der Waals surface area contributed by atoms with Crippen LogP contribution in [0.5, 0.6) is 0 Å². The van der Waals surface area contributed by atoms with Gasteiger partial charge in [0.2, 0.25) is 0 Å². The van der Waals surface area contributed by atoms with Crippen molar-refractivity contribution in [1.29, 1.82) is 0 Å². The molecule has 0 fully saturated rings. The first kappa shape index (κ1) is 38.7. The van der Waals surface area contributed by atoms with Gasteiger partial charge in [0.25, 0.3) is 0 Å².